The molecule has 0 bridgehead atoms. The molecule has 5 heteroatoms. The van der Waals surface area contributed by atoms with Crippen molar-refractivity contribution < 1.29 is 4.74 Å². The predicted octanol–water partition coefficient (Wildman–Crippen LogP) is 3.18. The molecule has 0 atom stereocenters. The summed E-state index contributed by atoms with van der Waals surface area (Å²) >= 11 is 3.58. The highest BCUT2D eigenvalue weighted by Gasteiger charge is 2.20. The second kappa shape index (κ2) is 6.35. The lowest BCUT2D eigenvalue weighted by molar-refractivity contribution is 0.413. The van der Waals surface area contributed by atoms with Gasteiger partial charge in [0.15, 0.2) is 0 Å². The van der Waals surface area contributed by atoms with E-state index in [4.69, 9.17) is 4.74 Å². The van der Waals surface area contributed by atoms with Crippen LogP contribution in [0.2, 0.25) is 0 Å². The van der Waals surface area contributed by atoms with E-state index in [1.807, 2.05) is 24.5 Å². The molecule has 110 valence electrons. The van der Waals surface area contributed by atoms with Crippen molar-refractivity contribution in [2.45, 2.75) is 0 Å². The van der Waals surface area contributed by atoms with Gasteiger partial charge >= 0.3 is 0 Å². The van der Waals surface area contributed by atoms with Crippen molar-refractivity contribution in [1.29, 1.82) is 0 Å². The minimum atomic E-state index is 0.941. The summed E-state index contributed by atoms with van der Waals surface area (Å²) in [7, 11) is 1.73. The topological polar surface area (TPSA) is 28.6 Å². The molecule has 0 saturated carbocycles. The van der Waals surface area contributed by atoms with Gasteiger partial charge in [0.2, 0.25) is 0 Å². The zero-order valence-electron chi connectivity index (χ0n) is 12.0. The molecule has 1 aromatic carbocycles. The number of anilines is 2. The van der Waals surface area contributed by atoms with Crippen LogP contribution in [0.15, 0.2) is 47.2 Å². The van der Waals surface area contributed by atoms with Crippen LogP contribution in [0, 0.1) is 0 Å². The van der Waals surface area contributed by atoms with E-state index in [1.165, 1.54) is 11.4 Å². The zero-order valence-corrected chi connectivity index (χ0v) is 13.6. The Kier molecular flexibility index (Phi) is 4.29. The number of benzene rings is 1. The molecule has 1 fully saturated rings. The fraction of sp³-hybridized carbons (Fsp3) is 0.312. The Morgan fingerprint density at radius 1 is 1.00 bits per heavy atom. The van der Waals surface area contributed by atoms with E-state index in [-0.39, 0.29) is 0 Å². The minimum absolute atomic E-state index is 0.941. The van der Waals surface area contributed by atoms with Gasteiger partial charge in [-0.25, -0.2) is 0 Å². The highest BCUT2D eigenvalue weighted by molar-refractivity contribution is 9.10. The number of methoxy groups -OCH3 is 1. The van der Waals surface area contributed by atoms with Crippen LogP contribution in [-0.4, -0.2) is 38.3 Å². The molecule has 2 aromatic rings. The van der Waals surface area contributed by atoms with Crippen molar-refractivity contribution in [2.24, 2.45) is 0 Å². The third-order valence-electron chi connectivity index (χ3n) is 3.80. The largest absolute Gasteiger partial charge is 0.495 e. The summed E-state index contributed by atoms with van der Waals surface area (Å²) in [5.41, 5.74) is 2.39. The highest BCUT2D eigenvalue weighted by atomic mass is 79.9. The summed E-state index contributed by atoms with van der Waals surface area (Å²) in [5.74, 6) is 0.941. The van der Waals surface area contributed by atoms with E-state index in [1.54, 1.807) is 7.11 Å². The van der Waals surface area contributed by atoms with Crippen molar-refractivity contribution in [3.8, 4) is 5.75 Å². The second-order valence-corrected chi connectivity index (χ2v) is 5.83. The zero-order chi connectivity index (χ0) is 14.7. The molecule has 1 aliphatic rings. The smallest absolute Gasteiger partial charge is 0.142 e. The first-order chi connectivity index (χ1) is 10.3. The summed E-state index contributed by atoms with van der Waals surface area (Å²) < 4.78 is 6.51. The summed E-state index contributed by atoms with van der Waals surface area (Å²) in [6, 6.07) is 10.3. The number of piperazine rings is 1. The summed E-state index contributed by atoms with van der Waals surface area (Å²) in [6.07, 6.45) is 3.69. The van der Waals surface area contributed by atoms with E-state index in [9.17, 15) is 0 Å². The maximum absolute atomic E-state index is 5.46. The van der Waals surface area contributed by atoms with Gasteiger partial charge in [-0.3, -0.25) is 4.98 Å². The molecule has 21 heavy (non-hydrogen) atoms. The Balaban J connectivity index is 1.72. The number of nitrogens with zero attached hydrogens (tertiary/aromatic N) is 3. The fourth-order valence-electron chi connectivity index (χ4n) is 2.70. The molecule has 0 N–H and O–H groups in total. The Hall–Kier alpha value is -1.75. The molecule has 3 rings (SSSR count). The number of rotatable bonds is 3. The number of pyridine rings is 1. The third kappa shape index (κ3) is 2.97. The van der Waals surface area contributed by atoms with Gasteiger partial charge in [-0.1, -0.05) is 12.1 Å². The number of halogens is 1. The maximum Gasteiger partial charge on any atom is 0.142 e. The van der Waals surface area contributed by atoms with E-state index < -0.39 is 0 Å². The van der Waals surface area contributed by atoms with E-state index in [2.05, 4.69) is 48.9 Å². The predicted molar refractivity (Wildman–Crippen MR) is 89.4 cm³/mol. The number of aromatic nitrogens is 1. The van der Waals surface area contributed by atoms with Gasteiger partial charge in [-0.2, -0.15) is 0 Å². The van der Waals surface area contributed by atoms with Gasteiger partial charge in [0, 0.05) is 38.6 Å². The van der Waals surface area contributed by atoms with Crippen LogP contribution in [0.1, 0.15) is 0 Å². The standard InChI is InChI=1S/C16H18BrN3O/c1-21-16-5-3-2-4-15(16)20-10-8-19(9-11-20)14-6-7-18-12-13(14)17/h2-7,12H,8-11H2,1H3. The molecule has 1 aliphatic heterocycles. The molecule has 1 saturated heterocycles. The Bertz CT molecular complexity index is 612. The molecule has 0 spiro atoms. The Morgan fingerprint density at radius 3 is 2.33 bits per heavy atom. The first-order valence-corrected chi connectivity index (χ1v) is 7.81. The molecule has 1 aromatic heterocycles. The molecule has 4 nitrogen and oxygen atoms in total. The quantitative estimate of drug-likeness (QED) is 0.852. The number of ether oxygens (including phenoxy) is 1. The van der Waals surface area contributed by atoms with Crippen LogP contribution in [0.25, 0.3) is 0 Å². The second-order valence-electron chi connectivity index (χ2n) is 4.97. The monoisotopic (exact) mass is 347 g/mol. The highest BCUT2D eigenvalue weighted by Crippen LogP contribution is 2.30. The van der Waals surface area contributed by atoms with Gasteiger partial charge in [0.25, 0.3) is 0 Å². The van der Waals surface area contributed by atoms with Crippen molar-refractivity contribution in [1.82, 2.24) is 4.98 Å². The van der Waals surface area contributed by atoms with Gasteiger partial charge in [0.1, 0.15) is 5.75 Å². The number of hydrogen-bond acceptors (Lipinski definition) is 4. The van der Waals surface area contributed by atoms with Crippen LogP contribution in [0.4, 0.5) is 11.4 Å². The summed E-state index contributed by atoms with van der Waals surface area (Å²) in [5, 5.41) is 0. The fourth-order valence-corrected chi connectivity index (χ4v) is 3.20. The van der Waals surface area contributed by atoms with Crippen LogP contribution in [-0.2, 0) is 0 Å². The van der Waals surface area contributed by atoms with E-state index in [0.29, 0.717) is 0 Å². The van der Waals surface area contributed by atoms with Crippen molar-refractivity contribution in [3.63, 3.8) is 0 Å². The first-order valence-electron chi connectivity index (χ1n) is 7.02. The molecule has 0 aliphatic carbocycles. The van der Waals surface area contributed by atoms with Crippen molar-refractivity contribution >= 4 is 27.3 Å². The number of para-hydroxylation sites is 2. The van der Waals surface area contributed by atoms with Crippen LogP contribution in [0.3, 0.4) is 0 Å². The van der Waals surface area contributed by atoms with Crippen molar-refractivity contribution in [3.05, 3.63) is 47.2 Å². The minimum Gasteiger partial charge on any atom is -0.495 e. The van der Waals surface area contributed by atoms with Gasteiger partial charge in [-0.15, -0.1) is 0 Å². The molecule has 0 radical (unpaired) electrons. The summed E-state index contributed by atoms with van der Waals surface area (Å²) in [4.78, 5) is 8.89. The Morgan fingerprint density at radius 2 is 1.67 bits per heavy atom. The first kappa shape index (κ1) is 14.2. The third-order valence-corrected chi connectivity index (χ3v) is 4.41. The molecular weight excluding hydrogens is 330 g/mol. The molecule has 2 heterocycles. The van der Waals surface area contributed by atoms with Crippen LogP contribution < -0.4 is 14.5 Å². The van der Waals surface area contributed by atoms with Gasteiger partial charge in [-0.05, 0) is 34.1 Å². The summed E-state index contributed by atoms with van der Waals surface area (Å²) in [6.45, 7) is 3.94. The van der Waals surface area contributed by atoms with E-state index in [0.717, 1.165) is 36.4 Å². The van der Waals surface area contributed by atoms with E-state index >= 15 is 0 Å². The maximum atomic E-state index is 5.46. The van der Waals surface area contributed by atoms with Crippen molar-refractivity contribution in [2.75, 3.05) is 43.1 Å². The molecule has 0 amide bonds. The molecule has 0 unspecified atom stereocenters. The SMILES string of the molecule is COc1ccccc1N1CCN(c2ccncc2Br)CC1. The Labute approximate surface area is 133 Å². The lowest BCUT2D eigenvalue weighted by atomic mass is 10.2. The van der Waals surface area contributed by atoms with Gasteiger partial charge < -0.3 is 14.5 Å². The average Bonchev–Trinajstić information content (AvgIpc) is 2.55. The van der Waals surface area contributed by atoms with Crippen LogP contribution >= 0.6 is 15.9 Å². The lowest BCUT2D eigenvalue weighted by Crippen LogP contribution is -2.46. The number of hydrogen-bond donors (Lipinski definition) is 0. The molecular formula is C16H18BrN3O. The average molecular weight is 348 g/mol. The van der Waals surface area contributed by atoms with Gasteiger partial charge in [0.05, 0.1) is 23.0 Å². The lowest BCUT2D eigenvalue weighted by Gasteiger charge is -2.38. The normalized spacial score (nSPS) is 15.1. The van der Waals surface area contributed by atoms with Crippen LogP contribution in [0.5, 0.6) is 5.75 Å².